The minimum atomic E-state index is 0. The van der Waals surface area contributed by atoms with Crippen molar-refractivity contribution in [2.75, 3.05) is 13.2 Å². The molecule has 0 unspecified atom stereocenters. The zero-order chi connectivity index (χ0) is 7.94. The first-order valence-electron chi connectivity index (χ1n) is 3.46. The van der Waals surface area contributed by atoms with Crippen molar-refractivity contribution in [3.05, 3.63) is 36.4 Å². The normalized spacial score (nSPS) is 13.9. The zero-order valence-electron chi connectivity index (χ0n) is 6.56. The maximum Gasteiger partial charge on any atom is 0.120 e. The van der Waals surface area contributed by atoms with E-state index in [-0.39, 0.29) is 23.6 Å². The Bertz CT molecular complexity index is 199. The van der Waals surface area contributed by atoms with Crippen LogP contribution < -0.4 is 5.32 Å². The van der Waals surface area contributed by atoms with Crippen LogP contribution in [0.4, 0.5) is 0 Å². The van der Waals surface area contributed by atoms with E-state index in [0.29, 0.717) is 6.61 Å². The van der Waals surface area contributed by atoms with Crippen molar-refractivity contribution in [1.29, 1.82) is 0 Å². The summed E-state index contributed by atoms with van der Waals surface area (Å²) < 4.78 is 5.15. The van der Waals surface area contributed by atoms with Crippen molar-refractivity contribution in [2.24, 2.45) is 0 Å². The molecule has 0 radical (unpaired) electrons. The van der Waals surface area contributed by atoms with Gasteiger partial charge in [0.05, 0.1) is 6.61 Å². The summed E-state index contributed by atoms with van der Waals surface area (Å²) >= 11 is 0. The van der Waals surface area contributed by atoms with Crippen molar-refractivity contribution >= 4 is 17.0 Å². The Morgan fingerprint density at radius 3 is 3.00 bits per heavy atom. The number of aliphatic hydroxyl groups excluding tert-OH is 1. The molecule has 0 saturated heterocycles. The summed E-state index contributed by atoms with van der Waals surface area (Å²) in [6.07, 6.45) is 9.03. The lowest BCUT2D eigenvalue weighted by atomic mass is 10.4. The van der Waals surface area contributed by atoms with Crippen LogP contribution in [0.25, 0.3) is 0 Å². The summed E-state index contributed by atoms with van der Waals surface area (Å²) in [6, 6.07) is 0. The van der Waals surface area contributed by atoms with Gasteiger partial charge in [0.15, 0.2) is 0 Å². The van der Waals surface area contributed by atoms with Gasteiger partial charge in [-0.1, -0.05) is 0 Å². The molecule has 0 spiro atoms. The maximum absolute atomic E-state index is 8.46. The molecule has 0 aromatic carbocycles. The third-order valence-corrected chi connectivity index (χ3v) is 1.16. The Kier molecular flexibility index (Phi) is 6.51. The standard InChI is InChI=1S/C8H11NO2.BrH/c10-6-7-11-8-2-1-4-9-5-3-8;/h1-5,9-10H,6-7H2;1H. The van der Waals surface area contributed by atoms with Crippen molar-refractivity contribution in [1.82, 2.24) is 5.32 Å². The number of allylic oxidation sites excluding steroid dienone is 3. The van der Waals surface area contributed by atoms with Gasteiger partial charge in [0.25, 0.3) is 0 Å². The van der Waals surface area contributed by atoms with Crippen molar-refractivity contribution in [2.45, 2.75) is 0 Å². The molecule has 3 nitrogen and oxygen atoms in total. The predicted molar refractivity (Wildman–Crippen MR) is 52.9 cm³/mol. The molecule has 0 fully saturated rings. The van der Waals surface area contributed by atoms with E-state index in [1.54, 1.807) is 18.5 Å². The molecule has 0 aromatic heterocycles. The van der Waals surface area contributed by atoms with Gasteiger partial charge in [-0.25, -0.2) is 0 Å². The van der Waals surface area contributed by atoms with Crippen molar-refractivity contribution < 1.29 is 9.84 Å². The van der Waals surface area contributed by atoms with Crippen LogP contribution in [0.1, 0.15) is 0 Å². The Hall–Kier alpha value is -0.740. The minimum Gasteiger partial charge on any atom is -0.491 e. The molecule has 2 N–H and O–H groups in total. The zero-order valence-corrected chi connectivity index (χ0v) is 8.28. The SMILES string of the molecule is Br.OCCOC1=CC=CNC=C1. The molecule has 0 bridgehead atoms. The molecule has 12 heavy (non-hydrogen) atoms. The van der Waals surface area contributed by atoms with Crippen molar-refractivity contribution in [3.8, 4) is 0 Å². The van der Waals surface area contributed by atoms with Gasteiger partial charge in [-0.15, -0.1) is 17.0 Å². The van der Waals surface area contributed by atoms with Gasteiger partial charge in [0.1, 0.15) is 12.4 Å². The van der Waals surface area contributed by atoms with Gasteiger partial charge in [-0.05, 0) is 18.2 Å². The molecule has 1 rings (SSSR count). The monoisotopic (exact) mass is 233 g/mol. The van der Waals surface area contributed by atoms with Gasteiger partial charge in [0, 0.05) is 12.4 Å². The van der Waals surface area contributed by atoms with Gasteiger partial charge in [-0.3, -0.25) is 0 Å². The number of nitrogens with one attached hydrogen (secondary N) is 1. The Labute approximate surface area is 82.2 Å². The fourth-order valence-electron chi connectivity index (χ4n) is 0.700. The highest BCUT2D eigenvalue weighted by atomic mass is 79.9. The van der Waals surface area contributed by atoms with Crippen molar-refractivity contribution in [3.63, 3.8) is 0 Å². The van der Waals surface area contributed by atoms with Crippen LogP contribution in [-0.2, 0) is 4.74 Å². The number of rotatable bonds is 3. The summed E-state index contributed by atoms with van der Waals surface area (Å²) in [4.78, 5) is 0. The predicted octanol–water partition coefficient (Wildman–Crippen LogP) is 1.09. The smallest absolute Gasteiger partial charge is 0.120 e. The molecular formula is C8H12BrNO2. The lowest BCUT2D eigenvalue weighted by Gasteiger charge is -2.01. The average Bonchev–Trinajstić information content (AvgIpc) is 2.28. The van der Waals surface area contributed by atoms with E-state index in [1.165, 1.54) is 0 Å². The first kappa shape index (κ1) is 11.3. The summed E-state index contributed by atoms with van der Waals surface area (Å²) in [5, 5.41) is 11.4. The number of ether oxygens (including phenoxy) is 1. The lowest BCUT2D eigenvalue weighted by Crippen LogP contribution is -1.97. The van der Waals surface area contributed by atoms with Crippen LogP contribution in [-0.4, -0.2) is 18.3 Å². The number of halogens is 1. The van der Waals surface area contributed by atoms with Crippen LogP contribution in [0.15, 0.2) is 36.4 Å². The van der Waals surface area contributed by atoms with Crippen LogP contribution in [0.5, 0.6) is 0 Å². The number of hydrogen-bond donors (Lipinski definition) is 2. The minimum absolute atomic E-state index is 0. The Balaban J connectivity index is 0.00000121. The van der Waals surface area contributed by atoms with Gasteiger partial charge in [0.2, 0.25) is 0 Å². The Morgan fingerprint density at radius 2 is 2.25 bits per heavy atom. The lowest BCUT2D eigenvalue weighted by molar-refractivity contribution is 0.152. The highest BCUT2D eigenvalue weighted by Gasteiger charge is 1.91. The second-order valence-electron chi connectivity index (χ2n) is 2.00. The molecule has 0 aromatic rings. The van der Waals surface area contributed by atoms with E-state index >= 15 is 0 Å². The second kappa shape index (κ2) is 6.94. The van der Waals surface area contributed by atoms with E-state index in [4.69, 9.17) is 9.84 Å². The molecule has 0 amide bonds. The summed E-state index contributed by atoms with van der Waals surface area (Å²) in [7, 11) is 0. The van der Waals surface area contributed by atoms with Gasteiger partial charge in [-0.2, -0.15) is 0 Å². The third kappa shape index (κ3) is 4.20. The van der Waals surface area contributed by atoms with Crippen LogP contribution in [0.3, 0.4) is 0 Å². The van der Waals surface area contributed by atoms with E-state index < -0.39 is 0 Å². The molecule has 0 aliphatic carbocycles. The molecule has 0 saturated carbocycles. The van der Waals surface area contributed by atoms with Crippen LogP contribution in [0.2, 0.25) is 0 Å². The molecule has 68 valence electrons. The summed E-state index contributed by atoms with van der Waals surface area (Å²) in [5.74, 6) is 0.750. The van der Waals surface area contributed by atoms with Crippen LogP contribution in [0, 0.1) is 0 Å². The number of hydrogen-bond acceptors (Lipinski definition) is 3. The quantitative estimate of drug-likeness (QED) is 0.767. The average molecular weight is 234 g/mol. The van der Waals surface area contributed by atoms with E-state index in [0.717, 1.165) is 5.76 Å². The highest BCUT2D eigenvalue weighted by molar-refractivity contribution is 8.93. The molecule has 1 aliphatic heterocycles. The highest BCUT2D eigenvalue weighted by Crippen LogP contribution is 2.00. The Morgan fingerprint density at radius 1 is 1.42 bits per heavy atom. The summed E-state index contributed by atoms with van der Waals surface area (Å²) in [5.41, 5.74) is 0. The first-order valence-corrected chi connectivity index (χ1v) is 3.46. The fraction of sp³-hybridized carbons (Fsp3) is 0.250. The molecule has 1 heterocycles. The van der Waals surface area contributed by atoms with Gasteiger partial charge >= 0.3 is 0 Å². The van der Waals surface area contributed by atoms with Crippen LogP contribution >= 0.6 is 17.0 Å². The van der Waals surface area contributed by atoms with E-state index in [2.05, 4.69) is 5.32 Å². The van der Waals surface area contributed by atoms with E-state index in [1.807, 2.05) is 12.2 Å². The third-order valence-electron chi connectivity index (χ3n) is 1.16. The molecule has 0 atom stereocenters. The maximum atomic E-state index is 8.46. The first-order chi connectivity index (χ1) is 5.43. The molecule has 1 aliphatic rings. The van der Waals surface area contributed by atoms with E-state index in [9.17, 15) is 0 Å². The van der Waals surface area contributed by atoms with Gasteiger partial charge < -0.3 is 15.2 Å². The fourth-order valence-corrected chi connectivity index (χ4v) is 0.700. The topological polar surface area (TPSA) is 41.5 Å². The second-order valence-corrected chi connectivity index (χ2v) is 2.00. The molecular weight excluding hydrogens is 222 g/mol. The molecule has 4 heteroatoms. The number of aliphatic hydroxyl groups is 1. The summed E-state index contributed by atoms with van der Waals surface area (Å²) in [6.45, 7) is 0.381. The largest absolute Gasteiger partial charge is 0.491 e.